The molecule has 1 aliphatic carbocycles. The van der Waals surface area contributed by atoms with Crippen LogP contribution in [-0.2, 0) is 9.53 Å². The molecule has 3 aromatic rings. The third-order valence-electron chi connectivity index (χ3n) is 6.99. The highest BCUT2D eigenvalue weighted by Gasteiger charge is 2.24. The van der Waals surface area contributed by atoms with Crippen molar-refractivity contribution >= 4 is 45.6 Å². The summed E-state index contributed by atoms with van der Waals surface area (Å²) in [5.74, 6) is 0.316. The van der Waals surface area contributed by atoms with Crippen molar-refractivity contribution in [3.05, 3.63) is 59.7 Å². The van der Waals surface area contributed by atoms with E-state index in [0.717, 1.165) is 38.6 Å². The minimum atomic E-state index is -0.500. The van der Waals surface area contributed by atoms with Gasteiger partial charge < -0.3 is 20.1 Å². The zero-order chi connectivity index (χ0) is 26.5. The van der Waals surface area contributed by atoms with Crippen LogP contribution in [0.5, 0.6) is 5.75 Å². The SMILES string of the molecule is COC[C@H]1CCCN1CC=CC(=O)Nc1cc2c(Nc3ccc(F)c(Cl)c3)ncnc2cc1OC1CCC1. The van der Waals surface area contributed by atoms with E-state index in [0.29, 0.717) is 53.0 Å². The smallest absolute Gasteiger partial charge is 0.248 e. The van der Waals surface area contributed by atoms with E-state index in [-0.39, 0.29) is 17.0 Å². The summed E-state index contributed by atoms with van der Waals surface area (Å²) < 4.78 is 25.1. The summed E-state index contributed by atoms with van der Waals surface area (Å²) in [6, 6.07) is 8.36. The van der Waals surface area contributed by atoms with E-state index in [9.17, 15) is 9.18 Å². The molecule has 2 fully saturated rings. The van der Waals surface area contributed by atoms with Crippen LogP contribution in [-0.4, -0.2) is 59.7 Å². The molecule has 10 heteroatoms. The van der Waals surface area contributed by atoms with E-state index < -0.39 is 5.82 Å². The van der Waals surface area contributed by atoms with Crippen molar-refractivity contribution in [1.82, 2.24) is 14.9 Å². The van der Waals surface area contributed by atoms with E-state index in [1.807, 2.05) is 12.1 Å². The number of aromatic nitrogens is 2. The van der Waals surface area contributed by atoms with Crippen molar-refractivity contribution < 1.29 is 18.7 Å². The summed E-state index contributed by atoms with van der Waals surface area (Å²) in [6.07, 6.45) is 10.3. The molecular formula is C28H31ClFN5O3. The summed E-state index contributed by atoms with van der Waals surface area (Å²) in [4.78, 5) is 24.0. The number of rotatable bonds is 10. The predicted octanol–water partition coefficient (Wildman–Crippen LogP) is 5.70. The number of hydrogen-bond acceptors (Lipinski definition) is 7. The molecule has 1 atom stereocenters. The van der Waals surface area contributed by atoms with Crippen molar-refractivity contribution in [2.75, 3.05) is 37.4 Å². The van der Waals surface area contributed by atoms with E-state index in [4.69, 9.17) is 21.1 Å². The second-order valence-corrected chi connectivity index (χ2v) is 10.1. The lowest BCUT2D eigenvalue weighted by Crippen LogP contribution is -2.33. The zero-order valence-electron chi connectivity index (χ0n) is 21.3. The van der Waals surface area contributed by atoms with Gasteiger partial charge in [-0.1, -0.05) is 17.7 Å². The van der Waals surface area contributed by atoms with Gasteiger partial charge in [-0.05, 0) is 62.9 Å². The molecule has 8 nitrogen and oxygen atoms in total. The van der Waals surface area contributed by atoms with Crippen LogP contribution in [0.2, 0.25) is 5.02 Å². The minimum absolute atomic E-state index is 0.00626. The number of likely N-dealkylation sites (tertiary alicyclic amines) is 1. The van der Waals surface area contributed by atoms with Crippen molar-refractivity contribution in [2.45, 2.75) is 44.2 Å². The first-order valence-corrected chi connectivity index (χ1v) is 13.3. The molecule has 0 spiro atoms. The van der Waals surface area contributed by atoms with Crippen LogP contribution in [0.3, 0.4) is 0 Å². The fraction of sp³-hybridized carbons (Fsp3) is 0.393. The molecule has 2 aromatic carbocycles. The normalized spacial score (nSPS) is 18.1. The number of nitrogens with zero attached hydrogens (tertiary/aromatic N) is 3. The lowest BCUT2D eigenvalue weighted by Gasteiger charge is -2.27. The van der Waals surface area contributed by atoms with Crippen LogP contribution in [0, 0.1) is 5.82 Å². The lowest BCUT2D eigenvalue weighted by molar-refractivity contribution is -0.111. The number of anilines is 3. The minimum Gasteiger partial charge on any atom is -0.488 e. The molecule has 1 saturated heterocycles. The van der Waals surface area contributed by atoms with Gasteiger partial charge in [0.05, 0.1) is 28.9 Å². The van der Waals surface area contributed by atoms with Crippen molar-refractivity contribution in [2.24, 2.45) is 0 Å². The Morgan fingerprint density at radius 2 is 2.08 bits per heavy atom. The second-order valence-electron chi connectivity index (χ2n) is 9.65. The van der Waals surface area contributed by atoms with Crippen molar-refractivity contribution in [3.63, 3.8) is 0 Å². The number of carbonyl (C=O) groups is 1. The number of amides is 1. The van der Waals surface area contributed by atoms with Gasteiger partial charge in [-0.3, -0.25) is 9.69 Å². The van der Waals surface area contributed by atoms with E-state index in [1.165, 1.54) is 18.5 Å². The average molecular weight is 540 g/mol. The Hall–Kier alpha value is -3.27. The largest absolute Gasteiger partial charge is 0.488 e. The Morgan fingerprint density at radius 3 is 2.84 bits per heavy atom. The first kappa shape index (κ1) is 26.3. The van der Waals surface area contributed by atoms with E-state index in [1.54, 1.807) is 25.3 Å². The highest BCUT2D eigenvalue weighted by atomic mass is 35.5. The molecule has 200 valence electrons. The third kappa shape index (κ3) is 6.23. The van der Waals surface area contributed by atoms with Crippen LogP contribution in [0.4, 0.5) is 21.6 Å². The molecule has 2 aliphatic rings. The molecule has 2 N–H and O–H groups in total. The van der Waals surface area contributed by atoms with Crippen molar-refractivity contribution in [1.29, 1.82) is 0 Å². The maximum atomic E-state index is 13.6. The number of nitrogens with one attached hydrogen (secondary N) is 2. The van der Waals surface area contributed by atoms with E-state index in [2.05, 4.69) is 25.5 Å². The first-order valence-electron chi connectivity index (χ1n) is 12.9. The molecule has 5 rings (SSSR count). The summed E-state index contributed by atoms with van der Waals surface area (Å²) >= 11 is 5.95. The second kappa shape index (κ2) is 12.1. The van der Waals surface area contributed by atoms with Gasteiger partial charge in [-0.2, -0.15) is 0 Å². The Labute approximate surface area is 226 Å². The third-order valence-corrected chi connectivity index (χ3v) is 7.28. The molecule has 1 aliphatic heterocycles. The maximum absolute atomic E-state index is 13.6. The monoisotopic (exact) mass is 539 g/mol. The number of fused-ring (bicyclic) bond motifs is 1. The summed E-state index contributed by atoms with van der Waals surface area (Å²) in [6.45, 7) is 2.38. The van der Waals surface area contributed by atoms with Gasteiger partial charge in [-0.15, -0.1) is 0 Å². The number of carbonyl (C=O) groups excluding carboxylic acids is 1. The number of ether oxygens (including phenoxy) is 2. The average Bonchev–Trinajstić information content (AvgIpc) is 3.31. The fourth-order valence-corrected chi connectivity index (χ4v) is 4.92. The lowest BCUT2D eigenvalue weighted by atomic mass is 9.96. The molecule has 0 radical (unpaired) electrons. The zero-order valence-corrected chi connectivity index (χ0v) is 22.0. The van der Waals surface area contributed by atoms with Crippen LogP contribution in [0.1, 0.15) is 32.1 Å². The standard InChI is InChI=1S/C28H31ClFN5O3/c1-37-16-19-5-3-11-35(19)12-4-8-27(36)34-25-14-21-24(15-26(25)38-20-6-2-7-20)31-17-32-28(21)33-18-9-10-23(30)22(29)13-18/h4,8-10,13-15,17,19-20H,2-3,5-7,11-12,16H2,1H3,(H,34,36)(H,31,32,33)/t19-/m1/s1. The van der Waals surface area contributed by atoms with Gasteiger partial charge in [0.15, 0.2) is 0 Å². The van der Waals surface area contributed by atoms with Gasteiger partial charge in [-0.25, -0.2) is 14.4 Å². The van der Waals surface area contributed by atoms with E-state index >= 15 is 0 Å². The van der Waals surface area contributed by atoms with Gasteiger partial charge in [0.25, 0.3) is 0 Å². The van der Waals surface area contributed by atoms with Crippen LogP contribution >= 0.6 is 11.6 Å². The topological polar surface area (TPSA) is 88.6 Å². The number of hydrogen-bond donors (Lipinski definition) is 2. The molecular weight excluding hydrogens is 509 g/mol. The Balaban J connectivity index is 1.37. The molecule has 2 heterocycles. The Morgan fingerprint density at radius 1 is 1.21 bits per heavy atom. The van der Waals surface area contributed by atoms with Crippen LogP contribution < -0.4 is 15.4 Å². The van der Waals surface area contributed by atoms with Crippen molar-refractivity contribution in [3.8, 4) is 5.75 Å². The molecule has 1 amide bonds. The maximum Gasteiger partial charge on any atom is 0.248 e. The van der Waals surface area contributed by atoms with Gasteiger partial charge in [0.1, 0.15) is 23.7 Å². The Bertz CT molecular complexity index is 1330. The molecule has 1 aromatic heterocycles. The van der Waals surface area contributed by atoms with Gasteiger partial charge in [0.2, 0.25) is 5.91 Å². The number of benzene rings is 2. The molecule has 0 unspecified atom stereocenters. The van der Waals surface area contributed by atoms with Crippen LogP contribution in [0.25, 0.3) is 10.9 Å². The molecule has 0 bridgehead atoms. The highest BCUT2D eigenvalue weighted by Crippen LogP contribution is 2.36. The summed E-state index contributed by atoms with van der Waals surface area (Å²) in [7, 11) is 1.72. The Kier molecular flexibility index (Phi) is 8.36. The first-order chi connectivity index (χ1) is 18.5. The molecule has 1 saturated carbocycles. The molecule has 38 heavy (non-hydrogen) atoms. The van der Waals surface area contributed by atoms with Crippen LogP contribution in [0.15, 0.2) is 48.8 Å². The predicted molar refractivity (Wildman–Crippen MR) is 147 cm³/mol. The summed E-state index contributed by atoms with van der Waals surface area (Å²) in [5.41, 5.74) is 1.76. The summed E-state index contributed by atoms with van der Waals surface area (Å²) in [5, 5.41) is 6.83. The fourth-order valence-electron chi connectivity index (χ4n) is 4.74. The quantitative estimate of drug-likeness (QED) is 0.319. The number of halogens is 2. The van der Waals surface area contributed by atoms with Gasteiger partial charge in [0, 0.05) is 42.9 Å². The van der Waals surface area contributed by atoms with Gasteiger partial charge >= 0.3 is 0 Å². The number of methoxy groups -OCH3 is 1. The highest BCUT2D eigenvalue weighted by molar-refractivity contribution is 6.31.